The fourth-order valence-corrected chi connectivity index (χ4v) is 1.66. The van der Waals surface area contributed by atoms with Gasteiger partial charge in [0, 0.05) is 31.5 Å². The summed E-state index contributed by atoms with van der Waals surface area (Å²) in [5.41, 5.74) is 8.81. The van der Waals surface area contributed by atoms with Gasteiger partial charge >= 0.3 is 0 Å². The van der Waals surface area contributed by atoms with Crippen molar-refractivity contribution in [3.8, 4) is 0 Å². The topological polar surface area (TPSA) is 58.4 Å². The summed E-state index contributed by atoms with van der Waals surface area (Å²) < 4.78 is 0. The first kappa shape index (κ1) is 14.5. The molecule has 0 saturated carbocycles. The number of anilines is 2. The smallest absolute Gasteiger partial charge is 0.228 e. The summed E-state index contributed by atoms with van der Waals surface area (Å²) in [6, 6.07) is 5.74. The van der Waals surface area contributed by atoms with Crippen molar-refractivity contribution in [1.29, 1.82) is 0 Å². The van der Waals surface area contributed by atoms with Crippen molar-refractivity contribution in [2.75, 3.05) is 24.3 Å². The van der Waals surface area contributed by atoms with Gasteiger partial charge in [-0.25, -0.2) is 0 Å². The number of benzene rings is 1. The van der Waals surface area contributed by atoms with Crippen LogP contribution in [0.25, 0.3) is 0 Å². The Hall–Kier alpha value is -1.55. The zero-order valence-corrected chi connectivity index (χ0v) is 11.8. The maximum atomic E-state index is 11.9. The monoisotopic (exact) mass is 249 g/mol. The van der Waals surface area contributed by atoms with Crippen molar-refractivity contribution in [2.45, 2.75) is 26.8 Å². The molecule has 0 saturated heterocycles. The van der Waals surface area contributed by atoms with Crippen LogP contribution in [0.3, 0.4) is 0 Å². The second-order valence-electron chi connectivity index (χ2n) is 5.03. The van der Waals surface area contributed by atoms with Crippen LogP contribution in [0.1, 0.15) is 19.4 Å². The summed E-state index contributed by atoms with van der Waals surface area (Å²) in [6.07, 6.45) is 0. The maximum Gasteiger partial charge on any atom is 0.228 e. The molecule has 0 aliphatic carbocycles. The Bertz CT molecular complexity index is 427. The largest absolute Gasteiger partial charge is 0.377 e. The predicted molar refractivity (Wildman–Crippen MR) is 76.9 cm³/mol. The van der Waals surface area contributed by atoms with Crippen molar-refractivity contribution >= 4 is 17.3 Å². The van der Waals surface area contributed by atoms with Crippen LogP contribution < -0.4 is 16.0 Å². The SMILES string of the molecule is Cc1ccc(NC(=O)C(C)C(C)N)cc1N(C)C. The average Bonchev–Trinajstić information content (AvgIpc) is 2.29. The molecular weight excluding hydrogens is 226 g/mol. The van der Waals surface area contributed by atoms with E-state index in [-0.39, 0.29) is 17.9 Å². The lowest BCUT2D eigenvalue weighted by atomic mass is 10.0. The number of hydrogen-bond donors (Lipinski definition) is 2. The Balaban J connectivity index is 2.86. The molecule has 0 aliphatic rings. The number of nitrogens with one attached hydrogen (secondary N) is 1. The number of hydrogen-bond acceptors (Lipinski definition) is 3. The third-order valence-corrected chi connectivity index (χ3v) is 3.16. The lowest BCUT2D eigenvalue weighted by Gasteiger charge is -2.19. The molecule has 1 amide bonds. The molecule has 3 N–H and O–H groups in total. The van der Waals surface area contributed by atoms with Gasteiger partial charge in [-0.2, -0.15) is 0 Å². The van der Waals surface area contributed by atoms with Crippen LogP contribution in [-0.4, -0.2) is 26.0 Å². The summed E-state index contributed by atoms with van der Waals surface area (Å²) in [6.45, 7) is 5.72. The molecule has 2 unspecified atom stereocenters. The standard InChI is InChI=1S/C14H23N3O/c1-9-6-7-12(8-13(9)17(4)5)16-14(18)10(2)11(3)15/h6-8,10-11H,15H2,1-5H3,(H,16,18). The number of aryl methyl sites for hydroxylation is 1. The number of rotatable bonds is 4. The highest BCUT2D eigenvalue weighted by Gasteiger charge is 2.17. The molecule has 0 fully saturated rings. The zero-order chi connectivity index (χ0) is 13.9. The summed E-state index contributed by atoms with van der Waals surface area (Å²) in [4.78, 5) is 13.9. The quantitative estimate of drug-likeness (QED) is 0.858. The minimum absolute atomic E-state index is 0.0430. The van der Waals surface area contributed by atoms with Crippen molar-refractivity contribution < 1.29 is 4.79 Å². The van der Waals surface area contributed by atoms with E-state index < -0.39 is 0 Å². The van der Waals surface area contributed by atoms with Crippen LogP contribution in [0.4, 0.5) is 11.4 Å². The molecule has 0 aliphatic heterocycles. The van der Waals surface area contributed by atoms with Crippen molar-refractivity contribution in [3.63, 3.8) is 0 Å². The predicted octanol–water partition coefficient (Wildman–Crippen LogP) is 1.98. The van der Waals surface area contributed by atoms with Gasteiger partial charge < -0.3 is 16.0 Å². The van der Waals surface area contributed by atoms with E-state index in [1.165, 1.54) is 5.56 Å². The first-order valence-corrected chi connectivity index (χ1v) is 6.17. The van der Waals surface area contributed by atoms with Gasteiger partial charge in [-0.05, 0) is 31.5 Å². The molecular formula is C14H23N3O. The molecule has 1 aromatic carbocycles. The summed E-state index contributed by atoms with van der Waals surface area (Å²) >= 11 is 0. The first-order chi connectivity index (χ1) is 8.32. The zero-order valence-electron chi connectivity index (χ0n) is 11.8. The van der Waals surface area contributed by atoms with E-state index in [9.17, 15) is 4.79 Å². The van der Waals surface area contributed by atoms with Gasteiger partial charge in [-0.3, -0.25) is 4.79 Å². The van der Waals surface area contributed by atoms with E-state index in [0.29, 0.717) is 0 Å². The third-order valence-electron chi connectivity index (χ3n) is 3.16. The van der Waals surface area contributed by atoms with Gasteiger partial charge in [0.1, 0.15) is 0 Å². The summed E-state index contributed by atoms with van der Waals surface area (Å²) in [5, 5.41) is 2.90. The van der Waals surface area contributed by atoms with Crippen LogP contribution in [0.5, 0.6) is 0 Å². The van der Waals surface area contributed by atoms with Crippen LogP contribution >= 0.6 is 0 Å². The van der Waals surface area contributed by atoms with Gasteiger partial charge in [-0.15, -0.1) is 0 Å². The lowest BCUT2D eigenvalue weighted by molar-refractivity contribution is -0.119. The molecule has 0 spiro atoms. The Kier molecular flexibility index (Phi) is 4.73. The van der Waals surface area contributed by atoms with Gasteiger partial charge in [0.2, 0.25) is 5.91 Å². The number of nitrogens with zero attached hydrogens (tertiary/aromatic N) is 1. The van der Waals surface area contributed by atoms with Gasteiger partial charge in [-0.1, -0.05) is 13.0 Å². The second kappa shape index (κ2) is 5.87. The van der Waals surface area contributed by atoms with Gasteiger partial charge in [0.25, 0.3) is 0 Å². The Morgan fingerprint density at radius 1 is 1.33 bits per heavy atom. The normalized spacial score (nSPS) is 13.9. The van der Waals surface area contributed by atoms with E-state index in [2.05, 4.69) is 5.32 Å². The molecule has 18 heavy (non-hydrogen) atoms. The first-order valence-electron chi connectivity index (χ1n) is 6.17. The number of carbonyl (C=O) groups is 1. The highest BCUT2D eigenvalue weighted by atomic mass is 16.1. The molecule has 0 aromatic heterocycles. The second-order valence-corrected chi connectivity index (χ2v) is 5.03. The highest BCUT2D eigenvalue weighted by molar-refractivity contribution is 5.93. The van der Waals surface area contributed by atoms with Crippen molar-refractivity contribution in [2.24, 2.45) is 11.7 Å². The molecule has 0 heterocycles. The molecule has 4 nitrogen and oxygen atoms in total. The minimum atomic E-state index is -0.200. The summed E-state index contributed by atoms with van der Waals surface area (Å²) in [5.74, 6) is -0.243. The van der Waals surface area contributed by atoms with E-state index in [4.69, 9.17) is 5.73 Å². The van der Waals surface area contributed by atoms with Gasteiger partial charge in [0.15, 0.2) is 0 Å². The maximum absolute atomic E-state index is 11.9. The highest BCUT2D eigenvalue weighted by Crippen LogP contribution is 2.22. The molecule has 0 radical (unpaired) electrons. The van der Waals surface area contributed by atoms with Gasteiger partial charge in [0.05, 0.1) is 5.92 Å². The molecule has 100 valence electrons. The Morgan fingerprint density at radius 2 is 1.94 bits per heavy atom. The fraction of sp³-hybridized carbons (Fsp3) is 0.500. The van der Waals surface area contributed by atoms with Crippen LogP contribution in [-0.2, 0) is 4.79 Å². The third kappa shape index (κ3) is 3.47. The number of nitrogens with two attached hydrogens (primary N) is 1. The van der Waals surface area contributed by atoms with E-state index in [1.807, 2.05) is 58.0 Å². The molecule has 1 rings (SSSR count). The van der Waals surface area contributed by atoms with Crippen LogP contribution in [0, 0.1) is 12.8 Å². The average molecular weight is 249 g/mol. The minimum Gasteiger partial charge on any atom is -0.377 e. The Morgan fingerprint density at radius 3 is 2.44 bits per heavy atom. The lowest BCUT2D eigenvalue weighted by Crippen LogP contribution is -2.34. The Labute approximate surface area is 109 Å². The van der Waals surface area contributed by atoms with Crippen molar-refractivity contribution in [1.82, 2.24) is 0 Å². The van der Waals surface area contributed by atoms with Crippen molar-refractivity contribution in [3.05, 3.63) is 23.8 Å². The van der Waals surface area contributed by atoms with E-state index >= 15 is 0 Å². The summed E-state index contributed by atoms with van der Waals surface area (Å²) in [7, 11) is 3.97. The molecule has 0 bridgehead atoms. The molecule has 1 aromatic rings. The fourth-order valence-electron chi connectivity index (χ4n) is 1.66. The van der Waals surface area contributed by atoms with E-state index in [0.717, 1.165) is 11.4 Å². The van der Waals surface area contributed by atoms with E-state index in [1.54, 1.807) is 0 Å². The number of carbonyl (C=O) groups excluding carboxylic acids is 1. The number of amides is 1. The molecule has 2 atom stereocenters. The van der Waals surface area contributed by atoms with Crippen LogP contribution in [0.15, 0.2) is 18.2 Å². The van der Waals surface area contributed by atoms with Crippen LogP contribution in [0.2, 0.25) is 0 Å². The molecule has 4 heteroatoms.